The molecule has 0 amide bonds. The molecule has 0 rings (SSSR count). The SMILES string of the molecule is CC(C)OCCOCCO.CC(C)OCCOCCOCCO.CC(C)OCCOCCOCCOCCO.CC(C)OCCOCCOCCOCCOCCO.CC(C)OCCOCCOCCOCCOCCOCCO. The molecule has 25 nitrogen and oxygen atoms in total. The molecular formula is C55H120O25. The number of hydrogen-bond donors (Lipinski definition) is 5. The van der Waals surface area contributed by atoms with E-state index in [4.69, 9.17) is 120 Å². The fourth-order valence-electron chi connectivity index (χ4n) is 4.75. The first-order chi connectivity index (χ1) is 38.9. The third-order valence-corrected chi connectivity index (χ3v) is 8.29. The minimum absolute atomic E-state index is 0.0415. The first kappa shape index (κ1) is 87.8. The van der Waals surface area contributed by atoms with Crippen molar-refractivity contribution in [3.63, 3.8) is 0 Å². The second kappa shape index (κ2) is 84.5. The van der Waals surface area contributed by atoms with Crippen molar-refractivity contribution in [3.8, 4) is 0 Å². The molecule has 0 bridgehead atoms. The molecule has 0 aromatic heterocycles. The molecule has 0 heterocycles. The number of aliphatic hydroxyl groups excluding tert-OH is 5. The van der Waals surface area contributed by atoms with Crippen molar-refractivity contribution >= 4 is 0 Å². The molecule has 25 heteroatoms. The Morgan fingerprint density at radius 3 is 0.325 bits per heavy atom. The zero-order chi connectivity index (χ0) is 60.3. The Labute approximate surface area is 483 Å². The molecule has 0 aliphatic carbocycles. The average Bonchev–Trinajstić information content (AvgIpc) is 3.42. The number of rotatable bonds is 60. The van der Waals surface area contributed by atoms with Gasteiger partial charge in [0.2, 0.25) is 0 Å². The largest absolute Gasteiger partial charge is 0.394 e. The Morgan fingerprint density at radius 1 is 0.150 bits per heavy atom. The summed E-state index contributed by atoms with van der Waals surface area (Å²) in [6, 6.07) is 0. The average molecular weight is 1180 g/mol. The summed E-state index contributed by atoms with van der Waals surface area (Å²) < 4.78 is 104. The van der Waals surface area contributed by atoms with Gasteiger partial charge in [-0.15, -0.1) is 0 Å². The van der Waals surface area contributed by atoms with Crippen LogP contribution in [0.5, 0.6) is 0 Å². The van der Waals surface area contributed by atoms with Crippen molar-refractivity contribution in [2.24, 2.45) is 0 Å². The van der Waals surface area contributed by atoms with Crippen molar-refractivity contribution in [2.45, 2.75) is 99.8 Å². The van der Waals surface area contributed by atoms with Crippen LogP contribution in [0.25, 0.3) is 0 Å². The van der Waals surface area contributed by atoms with Crippen LogP contribution in [0.4, 0.5) is 0 Å². The molecule has 5 N–H and O–H groups in total. The van der Waals surface area contributed by atoms with Crippen molar-refractivity contribution in [3.05, 3.63) is 0 Å². The minimum atomic E-state index is 0.0415. The normalized spacial score (nSPS) is 11.2. The van der Waals surface area contributed by atoms with Gasteiger partial charge in [-0.1, -0.05) is 0 Å². The van der Waals surface area contributed by atoms with Gasteiger partial charge in [0.15, 0.2) is 0 Å². The van der Waals surface area contributed by atoms with E-state index in [2.05, 4.69) is 0 Å². The molecule has 0 aromatic carbocycles. The molecule has 0 atom stereocenters. The van der Waals surface area contributed by atoms with E-state index < -0.39 is 0 Å². The highest BCUT2D eigenvalue weighted by molar-refractivity contribution is 4.43. The minimum Gasteiger partial charge on any atom is -0.394 e. The number of aliphatic hydroxyl groups is 5. The molecule has 0 radical (unpaired) electrons. The van der Waals surface area contributed by atoms with Crippen LogP contribution >= 0.6 is 0 Å². The van der Waals surface area contributed by atoms with Crippen LogP contribution in [0.15, 0.2) is 0 Å². The van der Waals surface area contributed by atoms with Crippen LogP contribution < -0.4 is 0 Å². The maximum atomic E-state index is 8.49. The van der Waals surface area contributed by atoms with Crippen LogP contribution in [-0.2, 0) is 94.7 Å². The van der Waals surface area contributed by atoms with Gasteiger partial charge in [-0.2, -0.15) is 0 Å². The first-order valence-electron chi connectivity index (χ1n) is 28.6. The molecule has 0 fully saturated rings. The van der Waals surface area contributed by atoms with Gasteiger partial charge >= 0.3 is 0 Å². The van der Waals surface area contributed by atoms with Crippen LogP contribution in [0.3, 0.4) is 0 Å². The highest BCUT2D eigenvalue weighted by atomic mass is 16.6. The monoisotopic (exact) mass is 1180 g/mol. The van der Waals surface area contributed by atoms with Crippen LogP contribution in [-0.4, -0.2) is 320 Å². The van der Waals surface area contributed by atoms with Gasteiger partial charge in [0.25, 0.3) is 0 Å². The van der Waals surface area contributed by atoms with E-state index in [-0.39, 0.29) is 63.6 Å². The fraction of sp³-hybridized carbons (Fsp3) is 1.00. The van der Waals surface area contributed by atoms with Crippen molar-refractivity contribution in [2.75, 3.05) is 264 Å². The van der Waals surface area contributed by atoms with E-state index >= 15 is 0 Å². The topological polar surface area (TPSA) is 286 Å². The molecule has 0 spiro atoms. The third kappa shape index (κ3) is 109. The molecule has 0 aliphatic rings. The maximum Gasteiger partial charge on any atom is 0.0703 e. The smallest absolute Gasteiger partial charge is 0.0703 e. The van der Waals surface area contributed by atoms with Gasteiger partial charge in [-0.05, 0) is 69.2 Å². The Hall–Kier alpha value is -1.00. The molecule has 0 aliphatic heterocycles. The summed E-state index contributed by atoms with van der Waals surface area (Å²) in [6.45, 7) is 38.9. The summed E-state index contributed by atoms with van der Waals surface area (Å²) in [4.78, 5) is 0. The van der Waals surface area contributed by atoms with E-state index in [9.17, 15) is 0 Å². The lowest BCUT2D eigenvalue weighted by molar-refractivity contribution is -0.0222. The number of ether oxygens (including phenoxy) is 20. The van der Waals surface area contributed by atoms with Crippen LogP contribution in [0.1, 0.15) is 69.2 Å². The van der Waals surface area contributed by atoms with E-state index in [1.165, 1.54) is 0 Å². The summed E-state index contributed by atoms with van der Waals surface area (Å²) in [7, 11) is 0. The Bertz CT molecular complexity index is 996. The summed E-state index contributed by atoms with van der Waals surface area (Å²) in [6.07, 6.45) is 1.27. The van der Waals surface area contributed by atoms with E-state index in [0.29, 0.717) is 231 Å². The van der Waals surface area contributed by atoms with Gasteiger partial charge in [0.05, 0.1) is 295 Å². The molecule has 0 saturated carbocycles. The highest BCUT2D eigenvalue weighted by Gasteiger charge is 1.99. The zero-order valence-corrected chi connectivity index (χ0v) is 51.6. The summed E-state index contributed by atoms with van der Waals surface area (Å²) in [5.74, 6) is 0. The summed E-state index contributed by atoms with van der Waals surface area (Å²) in [5.41, 5.74) is 0. The molecular weight excluding hydrogens is 1060 g/mol. The summed E-state index contributed by atoms with van der Waals surface area (Å²) >= 11 is 0. The molecule has 80 heavy (non-hydrogen) atoms. The summed E-state index contributed by atoms with van der Waals surface area (Å²) in [5, 5.41) is 42.1. The quantitative estimate of drug-likeness (QED) is 0.0546. The van der Waals surface area contributed by atoms with Gasteiger partial charge in [0.1, 0.15) is 0 Å². The van der Waals surface area contributed by atoms with E-state index in [1.807, 2.05) is 69.2 Å². The van der Waals surface area contributed by atoms with Crippen molar-refractivity contribution < 1.29 is 120 Å². The predicted molar refractivity (Wildman–Crippen MR) is 303 cm³/mol. The van der Waals surface area contributed by atoms with Crippen molar-refractivity contribution in [1.82, 2.24) is 0 Å². The second-order valence-corrected chi connectivity index (χ2v) is 17.4. The third-order valence-electron chi connectivity index (χ3n) is 8.29. The van der Waals surface area contributed by atoms with Gasteiger partial charge in [0, 0.05) is 0 Å². The number of hydrogen-bond acceptors (Lipinski definition) is 25. The zero-order valence-electron chi connectivity index (χ0n) is 51.6. The fourth-order valence-corrected chi connectivity index (χ4v) is 4.75. The standard InChI is InChI=1S/C15H32O7.C13H28O6.C11H24O5.C9H20O4.C7H16O3/c1-15(2)22-14-13-21-12-11-20-10-9-19-8-7-18-6-5-17-4-3-16;1-13(2)19-12-11-18-10-9-17-8-7-16-6-5-15-4-3-14;1-11(2)16-10-9-15-8-7-14-6-5-13-4-3-12;1-9(2)13-8-7-12-6-5-11-4-3-10;1-7(2)10-6-5-9-4-3-8/h15-16H,3-14H2,1-2H3;13-14H,3-12H2,1-2H3;11-12H,3-10H2,1-2H3;9-10H,3-8H2,1-2H3;7-8H,3-6H2,1-2H3. The van der Waals surface area contributed by atoms with E-state index in [0.717, 1.165) is 0 Å². The van der Waals surface area contributed by atoms with Gasteiger partial charge < -0.3 is 120 Å². The molecule has 0 unspecified atom stereocenters. The lowest BCUT2D eigenvalue weighted by Gasteiger charge is -2.09. The maximum absolute atomic E-state index is 8.49. The van der Waals surface area contributed by atoms with Gasteiger partial charge in [-0.3, -0.25) is 0 Å². The van der Waals surface area contributed by atoms with Gasteiger partial charge in [-0.25, -0.2) is 0 Å². The van der Waals surface area contributed by atoms with E-state index in [1.54, 1.807) is 0 Å². The van der Waals surface area contributed by atoms with Crippen LogP contribution in [0, 0.1) is 0 Å². The Morgan fingerprint density at radius 2 is 0.237 bits per heavy atom. The molecule has 0 aromatic rings. The second-order valence-electron chi connectivity index (χ2n) is 17.4. The Kier molecular flexibility index (Phi) is 92.7. The lowest BCUT2D eigenvalue weighted by atomic mass is 10.5. The lowest BCUT2D eigenvalue weighted by Crippen LogP contribution is -2.15. The molecule has 0 saturated heterocycles. The first-order valence-corrected chi connectivity index (χ1v) is 28.6. The predicted octanol–water partition coefficient (Wildman–Crippen LogP) is 2.27. The van der Waals surface area contributed by atoms with Crippen molar-refractivity contribution in [1.29, 1.82) is 0 Å². The highest BCUT2D eigenvalue weighted by Crippen LogP contribution is 1.92. The van der Waals surface area contributed by atoms with Crippen LogP contribution in [0.2, 0.25) is 0 Å². The Balaban J connectivity index is -0.000000300. The molecule has 490 valence electrons.